The monoisotopic (exact) mass is 518 g/mol. The Kier molecular flexibility index (Phi) is 10.2. The maximum atomic E-state index is 12.0. The summed E-state index contributed by atoms with van der Waals surface area (Å²) in [4.78, 5) is 16.4. The quantitative estimate of drug-likeness (QED) is 0.173. The van der Waals surface area contributed by atoms with Crippen LogP contribution in [0.2, 0.25) is 0 Å². The SMILES string of the molecule is CCNC(=NCC(C)(O)c1cnn(C)c1)NCCCNC(=O)c1occc1C.I. The van der Waals surface area contributed by atoms with Gasteiger partial charge >= 0.3 is 0 Å². The van der Waals surface area contributed by atoms with Crippen molar-refractivity contribution in [2.24, 2.45) is 12.0 Å². The van der Waals surface area contributed by atoms with Crippen LogP contribution in [0.3, 0.4) is 0 Å². The molecule has 1 atom stereocenters. The lowest BCUT2D eigenvalue weighted by Crippen LogP contribution is -2.40. The molecule has 2 rings (SSSR count). The number of nitrogens with zero attached hydrogens (tertiary/aromatic N) is 3. The molecular weight excluding hydrogens is 487 g/mol. The number of hydrogen-bond donors (Lipinski definition) is 4. The maximum absolute atomic E-state index is 12.0. The van der Waals surface area contributed by atoms with Gasteiger partial charge in [-0.05, 0) is 33.3 Å². The standard InChI is InChI=1S/C19H30N6O3.HI/c1-5-20-18(23-13-19(3,27)15-11-24-25(4)12-15)22-9-6-8-21-17(26)16-14(2)7-10-28-16;/h7,10-12,27H,5-6,8-9,13H2,1-4H3,(H,21,26)(H2,20,22,23);1H. The van der Waals surface area contributed by atoms with Crippen molar-refractivity contribution in [1.29, 1.82) is 0 Å². The van der Waals surface area contributed by atoms with Gasteiger partial charge in [0, 0.05) is 44.0 Å². The van der Waals surface area contributed by atoms with E-state index in [9.17, 15) is 9.90 Å². The smallest absolute Gasteiger partial charge is 0.287 e. The van der Waals surface area contributed by atoms with Gasteiger partial charge in [0.1, 0.15) is 5.60 Å². The zero-order valence-corrected chi connectivity index (χ0v) is 19.7. The van der Waals surface area contributed by atoms with Gasteiger partial charge in [0.15, 0.2) is 11.7 Å². The first-order valence-electron chi connectivity index (χ1n) is 9.39. The highest BCUT2D eigenvalue weighted by Crippen LogP contribution is 2.19. The van der Waals surface area contributed by atoms with Crippen LogP contribution in [0.1, 0.15) is 41.9 Å². The number of aliphatic imine (C=N–C) groups is 1. The van der Waals surface area contributed by atoms with Crippen molar-refractivity contribution in [2.45, 2.75) is 32.8 Å². The number of aliphatic hydroxyl groups is 1. The van der Waals surface area contributed by atoms with E-state index in [2.05, 4.69) is 26.0 Å². The molecule has 4 N–H and O–H groups in total. The molecule has 0 aliphatic rings. The summed E-state index contributed by atoms with van der Waals surface area (Å²) in [6, 6.07) is 1.76. The molecule has 2 aromatic heterocycles. The molecule has 1 unspecified atom stereocenters. The van der Waals surface area contributed by atoms with Gasteiger partial charge in [0.25, 0.3) is 5.91 Å². The van der Waals surface area contributed by atoms with Crippen molar-refractivity contribution < 1.29 is 14.3 Å². The number of hydrogen-bond acceptors (Lipinski definition) is 5. The topological polar surface area (TPSA) is 117 Å². The summed E-state index contributed by atoms with van der Waals surface area (Å²) in [5.74, 6) is 0.746. The summed E-state index contributed by atoms with van der Waals surface area (Å²) in [5, 5.41) is 23.9. The van der Waals surface area contributed by atoms with Crippen molar-refractivity contribution in [3.8, 4) is 0 Å². The Bertz CT molecular complexity index is 799. The zero-order valence-electron chi connectivity index (χ0n) is 17.4. The first-order valence-corrected chi connectivity index (χ1v) is 9.39. The van der Waals surface area contributed by atoms with E-state index in [4.69, 9.17) is 4.42 Å². The van der Waals surface area contributed by atoms with Crippen LogP contribution in [0.5, 0.6) is 0 Å². The highest BCUT2D eigenvalue weighted by atomic mass is 127. The largest absolute Gasteiger partial charge is 0.459 e. The second kappa shape index (κ2) is 11.8. The summed E-state index contributed by atoms with van der Waals surface area (Å²) in [5.41, 5.74) is 0.425. The van der Waals surface area contributed by atoms with Gasteiger partial charge in [-0.2, -0.15) is 5.10 Å². The predicted octanol–water partition coefficient (Wildman–Crippen LogP) is 1.52. The van der Waals surface area contributed by atoms with E-state index >= 15 is 0 Å². The number of halogens is 1. The number of guanidine groups is 1. The third kappa shape index (κ3) is 7.69. The predicted molar refractivity (Wildman–Crippen MR) is 123 cm³/mol. The normalized spacial score (nSPS) is 13.3. The summed E-state index contributed by atoms with van der Waals surface area (Å²) in [6.45, 7) is 7.56. The number of carbonyl (C=O) groups is 1. The number of aromatic nitrogens is 2. The molecule has 29 heavy (non-hydrogen) atoms. The fourth-order valence-corrected chi connectivity index (χ4v) is 2.55. The van der Waals surface area contributed by atoms with Gasteiger partial charge in [-0.1, -0.05) is 0 Å². The van der Waals surface area contributed by atoms with Gasteiger partial charge in [0.05, 0.1) is 19.0 Å². The fraction of sp³-hybridized carbons (Fsp3) is 0.526. The second-order valence-corrected chi connectivity index (χ2v) is 6.84. The number of furan rings is 1. The zero-order chi connectivity index (χ0) is 20.6. The van der Waals surface area contributed by atoms with E-state index < -0.39 is 5.60 Å². The minimum atomic E-state index is -1.11. The molecule has 1 amide bonds. The van der Waals surface area contributed by atoms with Gasteiger partial charge in [-0.15, -0.1) is 24.0 Å². The first-order chi connectivity index (χ1) is 13.3. The van der Waals surface area contributed by atoms with Crippen LogP contribution in [-0.4, -0.2) is 52.9 Å². The Morgan fingerprint density at radius 1 is 1.34 bits per heavy atom. The Labute approximate surface area is 188 Å². The molecule has 0 aromatic carbocycles. The highest BCUT2D eigenvalue weighted by Gasteiger charge is 2.24. The van der Waals surface area contributed by atoms with E-state index in [-0.39, 0.29) is 36.4 Å². The van der Waals surface area contributed by atoms with E-state index in [0.717, 1.165) is 12.0 Å². The van der Waals surface area contributed by atoms with Crippen LogP contribution in [0.15, 0.2) is 34.1 Å². The Morgan fingerprint density at radius 3 is 2.66 bits per heavy atom. The second-order valence-electron chi connectivity index (χ2n) is 6.84. The summed E-state index contributed by atoms with van der Waals surface area (Å²) in [7, 11) is 1.81. The summed E-state index contributed by atoms with van der Waals surface area (Å²) < 4.78 is 6.82. The minimum Gasteiger partial charge on any atom is -0.459 e. The molecule has 9 nitrogen and oxygen atoms in total. The molecule has 0 bridgehead atoms. The lowest BCUT2D eigenvalue weighted by atomic mass is 10.0. The van der Waals surface area contributed by atoms with Crippen molar-refractivity contribution in [1.82, 2.24) is 25.7 Å². The molecule has 0 spiro atoms. The third-order valence-corrected chi connectivity index (χ3v) is 4.22. The van der Waals surface area contributed by atoms with Crippen LogP contribution in [0.4, 0.5) is 0 Å². The van der Waals surface area contributed by atoms with E-state index in [1.807, 2.05) is 13.8 Å². The first kappa shape index (κ1) is 25.0. The van der Waals surface area contributed by atoms with Crippen molar-refractivity contribution in [3.63, 3.8) is 0 Å². The Morgan fingerprint density at radius 2 is 2.07 bits per heavy atom. The minimum absolute atomic E-state index is 0. The molecule has 2 heterocycles. The molecule has 0 aliphatic carbocycles. The van der Waals surface area contributed by atoms with Crippen LogP contribution >= 0.6 is 24.0 Å². The number of carbonyl (C=O) groups excluding carboxylic acids is 1. The average molecular weight is 518 g/mol. The van der Waals surface area contributed by atoms with Crippen molar-refractivity contribution >= 4 is 35.8 Å². The molecule has 162 valence electrons. The van der Waals surface area contributed by atoms with Crippen LogP contribution in [0, 0.1) is 6.92 Å². The number of rotatable bonds is 9. The maximum Gasteiger partial charge on any atom is 0.287 e. The van der Waals surface area contributed by atoms with Crippen LogP contribution in [0.25, 0.3) is 0 Å². The molecule has 0 saturated heterocycles. The molecule has 0 aliphatic heterocycles. The summed E-state index contributed by atoms with van der Waals surface area (Å²) >= 11 is 0. The third-order valence-electron chi connectivity index (χ3n) is 4.22. The fourth-order valence-electron chi connectivity index (χ4n) is 2.55. The number of nitrogens with one attached hydrogen (secondary N) is 3. The highest BCUT2D eigenvalue weighted by molar-refractivity contribution is 14.0. The molecular formula is C19H31IN6O3. The van der Waals surface area contributed by atoms with Gasteiger partial charge in [-0.25, -0.2) is 4.99 Å². The van der Waals surface area contributed by atoms with Gasteiger partial charge in [-0.3, -0.25) is 9.48 Å². The molecule has 10 heteroatoms. The summed E-state index contributed by atoms with van der Waals surface area (Å²) in [6.07, 6.45) is 5.64. The lowest BCUT2D eigenvalue weighted by molar-refractivity contribution is 0.0671. The van der Waals surface area contributed by atoms with Crippen molar-refractivity contribution in [3.05, 3.63) is 41.6 Å². The van der Waals surface area contributed by atoms with Crippen molar-refractivity contribution in [2.75, 3.05) is 26.2 Å². The molecule has 0 saturated carbocycles. The van der Waals surface area contributed by atoms with E-state index in [1.54, 1.807) is 37.1 Å². The van der Waals surface area contributed by atoms with Gasteiger partial charge < -0.3 is 25.5 Å². The number of aryl methyl sites for hydroxylation is 2. The average Bonchev–Trinajstić information content (AvgIpc) is 3.28. The Balaban J connectivity index is 0.00000420. The van der Waals surface area contributed by atoms with Crippen LogP contribution < -0.4 is 16.0 Å². The lowest BCUT2D eigenvalue weighted by Gasteiger charge is -2.20. The molecule has 2 aromatic rings. The molecule has 0 radical (unpaired) electrons. The van der Waals surface area contributed by atoms with Gasteiger partial charge in [0.2, 0.25) is 0 Å². The van der Waals surface area contributed by atoms with E-state index in [1.165, 1.54) is 6.26 Å². The number of amides is 1. The van der Waals surface area contributed by atoms with E-state index in [0.29, 0.717) is 36.9 Å². The van der Waals surface area contributed by atoms with Crippen LogP contribution in [-0.2, 0) is 12.6 Å². The molecule has 0 fully saturated rings. The Hall–Kier alpha value is -2.08.